The third-order valence-electron chi connectivity index (χ3n) is 8.93. The summed E-state index contributed by atoms with van der Waals surface area (Å²) in [6, 6.07) is 40.2. The van der Waals surface area contributed by atoms with E-state index in [1.54, 1.807) is 0 Å². The molecule has 0 spiro atoms. The number of hydrogen-bond donors (Lipinski definition) is 0. The fourth-order valence-electron chi connectivity index (χ4n) is 6.27. The number of benzene rings is 4. The van der Waals surface area contributed by atoms with Gasteiger partial charge in [0.2, 0.25) is 0 Å². The smallest absolute Gasteiger partial charge is 0.145 e. The quantitative estimate of drug-likeness (QED) is 0.102. The molecular formula is C39H41N4OPtSi-. The van der Waals surface area contributed by atoms with Crippen molar-refractivity contribution in [2.45, 2.75) is 65.6 Å². The molecule has 7 heteroatoms. The monoisotopic (exact) mass is 804 g/mol. The van der Waals surface area contributed by atoms with Gasteiger partial charge in [-0.05, 0) is 67.5 Å². The van der Waals surface area contributed by atoms with Gasteiger partial charge in [0.1, 0.15) is 22.7 Å². The SMILES string of the molecule is CC(C)(C)c1ccnc(-n2c3[c-]c([Si](C)(C)c4[c-]c(N5[OH+]N(C(C)(C)C)c6ccccc65)ccc4)ccc3c3ccccc32)c1.[Pt]. The van der Waals surface area contributed by atoms with E-state index in [1.165, 1.54) is 26.7 Å². The van der Waals surface area contributed by atoms with Gasteiger partial charge in [0.25, 0.3) is 0 Å². The van der Waals surface area contributed by atoms with Crippen molar-refractivity contribution in [2.24, 2.45) is 0 Å². The van der Waals surface area contributed by atoms with Gasteiger partial charge in [-0.15, -0.1) is 21.6 Å². The Labute approximate surface area is 288 Å². The molecule has 4 aromatic carbocycles. The van der Waals surface area contributed by atoms with Crippen molar-refractivity contribution in [3.05, 3.63) is 115 Å². The predicted octanol–water partition coefficient (Wildman–Crippen LogP) is 8.49. The van der Waals surface area contributed by atoms with Gasteiger partial charge in [-0.25, -0.2) is 4.98 Å². The Bertz CT molecular complexity index is 2070. The topological polar surface area (TPSA) is 37.1 Å². The second kappa shape index (κ2) is 11.5. The molecule has 0 amide bonds. The largest absolute Gasteiger partial charge is 0.319 e. The van der Waals surface area contributed by atoms with Gasteiger partial charge < -0.3 is 4.57 Å². The van der Waals surface area contributed by atoms with Gasteiger partial charge in [0.05, 0.1) is 8.07 Å². The van der Waals surface area contributed by atoms with Crippen LogP contribution < -0.4 is 20.5 Å². The molecule has 0 aliphatic carbocycles. The predicted molar refractivity (Wildman–Crippen MR) is 191 cm³/mol. The number of nitrogens with zero attached hydrogens (tertiary/aromatic N) is 4. The van der Waals surface area contributed by atoms with E-state index in [9.17, 15) is 0 Å². The molecule has 0 saturated heterocycles. The summed E-state index contributed by atoms with van der Waals surface area (Å²) >= 11 is 0. The molecule has 46 heavy (non-hydrogen) atoms. The molecule has 6 aromatic rings. The first-order valence-corrected chi connectivity index (χ1v) is 18.7. The molecular weight excluding hydrogens is 764 g/mol. The number of fused-ring (bicyclic) bond motifs is 4. The van der Waals surface area contributed by atoms with Gasteiger partial charge >= 0.3 is 0 Å². The number of anilines is 3. The van der Waals surface area contributed by atoms with Crippen molar-refractivity contribution in [3.63, 3.8) is 0 Å². The minimum Gasteiger partial charge on any atom is -0.319 e. The maximum atomic E-state index is 5.06. The minimum atomic E-state index is -2.24. The molecule has 0 fully saturated rings. The van der Waals surface area contributed by atoms with Crippen molar-refractivity contribution < 1.29 is 26.0 Å². The van der Waals surface area contributed by atoms with Crippen LogP contribution >= 0.6 is 0 Å². The number of pyridine rings is 1. The summed E-state index contributed by atoms with van der Waals surface area (Å²) in [5, 5.41) is 8.99. The fourth-order valence-corrected chi connectivity index (χ4v) is 8.45. The van der Waals surface area contributed by atoms with Crippen molar-refractivity contribution in [1.82, 2.24) is 9.55 Å². The fraction of sp³-hybridized carbons (Fsp3) is 0.256. The third-order valence-corrected chi connectivity index (χ3v) is 12.2. The first kappa shape index (κ1) is 32.2. The van der Waals surface area contributed by atoms with Crippen LogP contribution in [0.25, 0.3) is 27.6 Å². The van der Waals surface area contributed by atoms with Crippen molar-refractivity contribution >= 4 is 57.3 Å². The van der Waals surface area contributed by atoms with Crippen LogP contribution in [0.1, 0.15) is 47.1 Å². The maximum absolute atomic E-state index is 5.06. The van der Waals surface area contributed by atoms with Crippen molar-refractivity contribution in [1.29, 1.82) is 0 Å². The summed E-state index contributed by atoms with van der Waals surface area (Å²) in [5.41, 5.74) is 6.46. The summed E-state index contributed by atoms with van der Waals surface area (Å²) in [4.78, 5) is 9.93. The maximum Gasteiger partial charge on any atom is 0.145 e. The van der Waals surface area contributed by atoms with Crippen LogP contribution in [0.15, 0.2) is 97.2 Å². The first-order valence-electron chi connectivity index (χ1n) is 15.7. The van der Waals surface area contributed by atoms with Crippen LogP contribution in [0.5, 0.6) is 0 Å². The Hall–Kier alpha value is -3.70. The van der Waals surface area contributed by atoms with Gasteiger partial charge in [-0.2, -0.15) is 51.7 Å². The van der Waals surface area contributed by atoms with Gasteiger partial charge in [-0.3, -0.25) is 0 Å². The molecule has 0 bridgehead atoms. The van der Waals surface area contributed by atoms with E-state index >= 15 is 0 Å². The molecule has 1 aliphatic rings. The van der Waals surface area contributed by atoms with E-state index in [4.69, 9.17) is 9.92 Å². The van der Waals surface area contributed by atoms with Crippen molar-refractivity contribution in [2.75, 3.05) is 10.1 Å². The number of rotatable bonds is 4. The average molecular weight is 805 g/mol. The van der Waals surface area contributed by atoms with Crippen LogP contribution in [0.4, 0.5) is 17.1 Å². The molecule has 2 aromatic heterocycles. The van der Waals surface area contributed by atoms with Crippen LogP contribution in [-0.2, 0) is 26.5 Å². The van der Waals surface area contributed by atoms with Gasteiger partial charge in [-0.1, -0.05) is 69.7 Å². The van der Waals surface area contributed by atoms with Crippen LogP contribution in [0.2, 0.25) is 13.1 Å². The van der Waals surface area contributed by atoms with E-state index in [1.807, 2.05) is 11.3 Å². The number of hydroxylamine groups is 1. The molecule has 0 radical (unpaired) electrons. The molecule has 0 saturated carbocycles. The van der Waals surface area contributed by atoms with E-state index in [0.29, 0.717) is 0 Å². The summed E-state index contributed by atoms with van der Waals surface area (Å²) in [7, 11) is -2.24. The Kier molecular flexibility index (Phi) is 8.07. The van der Waals surface area contributed by atoms with E-state index < -0.39 is 8.07 Å². The first-order chi connectivity index (χ1) is 21.3. The molecule has 0 unspecified atom stereocenters. The Morgan fingerprint density at radius 1 is 0.717 bits per heavy atom. The standard InChI is InChI=1S/C39H40N4OSi.Pt/c1-38(2,3)27-22-23-40-37(24-27)41-33-17-10-9-16-31(33)32-21-20-30(26-36(32)41)45(7,8)29-15-13-14-28(25-29)42-34-18-11-12-19-35(34)43(44-42)39(4,5)6;/h9-24H,1-8H3;/q-2;/p+1. The van der Waals surface area contributed by atoms with Gasteiger partial charge in [0, 0.05) is 38.5 Å². The minimum absolute atomic E-state index is 0. The second-order valence-electron chi connectivity index (χ2n) is 14.6. The second-order valence-corrected chi connectivity index (χ2v) is 18.9. The van der Waals surface area contributed by atoms with Crippen LogP contribution in [0, 0.1) is 12.1 Å². The molecule has 238 valence electrons. The average Bonchev–Trinajstić information content (AvgIpc) is 3.57. The normalized spacial score (nSPS) is 13.7. The van der Waals surface area contributed by atoms with Crippen molar-refractivity contribution in [3.8, 4) is 5.82 Å². The number of aromatic nitrogens is 2. The summed E-state index contributed by atoms with van der Waals surface area (Å²) in [6.45, 7) is 18.1. The molecule has 7 rings (SSSR count). The Morgan fingerprint density at radius 2 is 1.41 bits per heavy atom. The summed E-state index contributed by atoms with van der Waals surface area (Å²) in [6.07, 6.45) is 1.93. The molecule has 1 N–H and O–H groups in total. The zero-order chi connectivity index (χ0) is 31.7. The Balaban J connectivity index is 0.00000372. The summed E-state index contributed by atoms with van der Waals surface area (Å²) in [5.74, 6) is 0.924. The van der Waals surface area contributed by atoms with E-state index in [-0.39, 0.29) is 32.0 Å². The van der Waals surface area contributed by atoms with Gasteiger partial charge in [0.15, 0.2) is 0 Å². The zero-order valence-corrected chi connectivity index (χ0v) is 31.1. The number of para-hydroxylation sites is 3. The van der Waals surface area contributed by atoms with Crippen LogP contribution in [-0.4, -0.2) is 28.1 Å². The Morgan fingerprint density at radius 3 is 2.15 bits per heavy atom. The van der Waals surface area contributed by atoms with Crippen LogP contribution in [0.3, 0.4) is 0 Å². The molecule has 1 aliphatic heterocycles. The molecule has 0 atom stereocenters. The molecule has 3 heterocycles. The number of hydrogen-bond acceptors (Lipinski definition) is 3. The zero-order valence-electron chi connectivity index (χ0n) is 27.8. The van der Waals surface area contributed by atoms with E-state index in [0.717, 1.165) is 33.9 Å². The summed E-state index contributed by atoms with van der Waals surface area (Å²) < 4.78 is 2.29. The van der Waals surface area contributed by atoms with E-state index in [2.05, 4.69) is 167 Å². The molecule has 5 nitrogen and oxygen atoms in total. The third kappa shape index (κ3) is 5.40.